The zero-order chi connectivity index (χ0) is 26.9. The van der Waals surface area contributed by atoms with Gasteiger partial charge in [0.2, 0.25) is 11.8 Å². The second-order valence-corrected chi connectivity index (χ2v) is 10.9. The van der Waals surface area contributed by atoms with Gasteiger partial charge >= 0.3 is 0 Å². The second kappa shape index (κ2) is 8.54. The molecule has 0 radical (unpaired) electrons. The van der Waals surface area contributed by atoms with E-state index in [2.05, 4.69) is 15.9 Å². The Balaban J connectivity index is 1.50. The van der Waals surface area contributed by atoms with Gasteiger partial charge in [-0.25, -0.2) is 4.90 Å². The molecule has 1 fully saturated rings. The summed E-state index contributed by atoms with van der Waals surface area (Å²) in [7, 11) is 0. The molecule has 8 heteroatoms. The predicted molar refractivity (Wildman–Crippen MR) is 150 cm³/mol. The summed E-state index contributed by atoms with van der Waals surface area (Å²) in [4.78, 5) is 45.9. The summed E-state index contributed by atoms with van der Waals surface area (Å²) in [6.07, 6.45) is 1.81. The van der Waals surface area contributed by atoms with Crippen molar-refractivity contribution in [1.29, 1.82) is 0 Å². The van der Waals surface area contributed by atoms with Crippen molar-refractivity contribution in [2.45, 2.75) is 11.3 Å². The van der Waals surface area contributed by atoms with Gasteiger partial charge in [0.05, 0.1) is 27.9 Å². The molecule has 0 unspecified atom stereocenters. The normalized spacial score (nSPS) is 24.5. The van der Waals surface area contributed by atoms with Gasteiger partial charge in [0.15, 0.2) is 0 Å². The van der Waals surface area contributed by atoms with E-state index in [1.165, 1.54) is 18.2 Å². The molecular formula is C31H20BrN3O4. The third kappa shape index (κ3) is 3.18. The number of amides is 2. The third-order valence-corrected chi connectivity index (χ3v) is 8.78. The van der Waals surface area contributed by atoms with Crippen LogP contribution in [0.25, 0.3) is 0 Å². The summed E-state index contributed by atoms with van der Waals surface area (Å²) >= 11 is 3.46. The summed E-state index contributed by atoms with van der Waals surface area (Å²) < 4.78 is 0.921. The summed E-state index contributed by atoms with van der Waals surface area (Å²) in [6.45, 7) is 0. The van der Waals surface area contributed by atoms with Crippen molar-refractivity contribution >= 4 is 51.0 Å². The molecule has 2 amide bonds. The van der Waals surface area contributed by atoms with Gasteiger partial charge in [-0.3, -0.25) is 24.7 Å². The first-order valence-corrected chi connectivity index (χ1v) is 13.3. The van der Waals surface area contributed by atoms with E-state index in [0.717, 1.165) is 31.6 Å². The Morgan fingerprint density at radius 2 is 1.41 bits per heavy atom. The van der Waals surface area contributed by atoms with E-state index in [1.807, 2.05) is 79.0 Å². The Labute approximate surface area is 232 Å². The van der Waals surface area contributed by atoms with Gasteiger partial charge in [-0.05, 0) is 52.6 Å². The number of hydrogen-bond acceptors (Lipinski definition) is 5. The summed E-state index contributed by atoms with van der Waals surface area (Å²) in [5.74, 6) is -2.75. The highest BCUT2D eigenvalue weighted by molar-refractivity contribution is 9.10. The molecule has 1 aliphatic heterocycles. The van der Waals surface area contributed by atoms with Crippen molar-refractivity contribution in [3.63, 3.8) is 0 Å². The Kier molecular flexibility index (Phi) is 5.18. The first-order valence-electron chi connectivity index (χ1n) is 12.5. The van der Waals surface area contributed by atoms with E-state index < -0.39 is 34.0 Å². The first kappa shape index (κ1) is 23.7. The number of halogens is 1. The van der Waals surface area contributed by atoms with Gasteiger partial charge in [-0.2, -0.15) is 0 Å². The lowest BCUT2D eigenvalue weighted by Gasteiger charge is -2.52. The van der Waals surface area contributed by atoms with Crippen molar-refractivity contribution in [2.24, 2.45) is 16.8 Å². The van der Waals surface area contributed by atoms with Gasteiger partial charge in [-0.1, -0.05) is 76.6 Å². The highest BCUT2D eigenvalue weighted by atomic mass is 79.9. The number of hydrogen-bond donors (Lipinski definition) is 0. The second-order valence-electron chi connectivity index (χ2n) is 10.0. The molecule has 8 rings (SSSR count). The van der Waals surface area contributed by atoms with Gasteiger partial charge in [0.25, 0.3) is 5.69 Å². The minimum atomic E-state index is -1.04. The fourth-order valence-electron chi connectivity index (χ4n) is 6.80. The molecule has 0 aromatic heterocycles. The fraction of sp³-hybridized carbons (Fsp3) is 0.129. The van der Waals surface area contributed by atoms with Crippen LogP contribution < -0.4 is 4.90 Å². The summed E-state index contributed by atoms with van der Waals surface area (Å²) in [6, 6.07) is 29.3. The molecule has 2 bridgehead atoms. The van der Waals surface area contributed by atoms with Crippen molar-refractivity contribution in [1.82, 2.24) is 0 Å². The van der Waals surface area contributed by atoms with Crippen molar-refractivity contribution < 1.29 is 14.5 Å². The number of para-hydroxylation sites is 2. The van der Waals surface area contributed by atoms with Crippen LogP contribution in [-0.4, -0.2) is 23.0 Å². The van der Waals surface area contributed by atoms with Crippen LogP contribution in [0.4, 0.5) is 17.1 Å². The number of benzene rings is 4. The molecule has 7 nitrogen and oxygen atoms in total. The van der Waals surface area contributed by atoms with E-state index in [0.29, 0.717) is 5.69 Å². The zero-order valence-corrected chi connectivity index (χ0v) is 22.0. The van der Waals surface area contributed by atoms with E-state index in [9.17, 15) is 19.7 Å². The topological polar surface area (TPSA) is 92.9 Å². The average Bonchev–Trinajstić information content (AvgIpc) is 3.23. The monoisotopic (exact) mass is 577 g/mol. The maximum Gasteiger partial charge on any atom is 0.293 e. The standard InChI is InChI=1S/C31H20BrN3O4/c32-18-13-15-19(16-14-18)33-17-31-22-9-3-1-7-20(22)26(21-8-2-4-10-23(21)31)27-28(31)30(37)34(29(27)36)24-11-5-6-12-25(24)35(38)39/h1-17,26-28H/t26?,27-,28-,31?/m1/s1. The largest absolute Gasteiger partial charge is 0.293 e. The lowest BCUT2D eigenvalue weighted by atomic mass is 9.47. The molecule has 0 saturated carbocycles. The number of anilines is 1. The van der Waals surface area contributed by atoms with E-state index in [4.69, 9.17) is 4.99 Å². The Morgan fingerprint density at radius 1 is 0.821 bits per heavy atom. The molecule has 0 N–H and O–H groups in total. The molecule has 4 aromatic rings. The summed E-state index contributed by atoms with van der Waals surface area (Å²) in [5, 5.41) is 11.9. The predicted octanol–water partition coefficient (Wildman–Crippen LogP) is 6.31. The van der Waals surface area contributed by atoms with Gasteiger partial charge < -0.3 is 0 Å². The van der Waals surface area contributed by atoms with Gasteiger partial charge in [-0.15, -0.1) is 0 Å². The SMILES string of the molecule is O=C1[C@@H]2C3c4ccccc4C(C=Nc4ccc(Br)cc4)(c4ccccc43)[C@H]2C(=O)N1c1ccccc1[N+](=O)[O-]. The molecular weight excluding hydrogens is 558 g/mol. The number of nitrogens with zero attached hydrogens (tertiary/aromatic N) is 3. The van der Waals surface area contributed by atoms with E-state index in [-0.39, 0.29) is 17.3 Å². The molecule has 2 atom stereocenters. The number of nitro groups is 1. The van der Waals surface area contributed by atoms with Crippen LogP contribution in [0.2, 0.25) is 0 Å². The smallest absolute Gasteiger partial charge is 0.274 e. The fourth-order valence-corrected chi connectivity index (χ4v) is 7.06. The van der Waals surface area contributed by atoms with E-state index in [1.54, 1.807) is 6.07 Å². The molecule has 1 saturated heterocycles. The number of rotatable bonds is 4. The van der Waals surface area contributed by atoms with Crippen molar-refractivity contribution in [3.05, 3.63) is 134 Å². The lowest BCUT2D eigenvalue weighted by Crippen LogP contribution is -2.54. The average molecular weight is 578 g/mol. The molecule has 0 spiro atoms. The number of nitro benzene ring substituents is 1. The number of carbonyl (C=O) groups is 2. The maximum atomic E-state index is 14.4. The highest BCUT2D eigenvalue weighted by Crippen LogP contribution is 2.64. The zero-order valence-electron chi connectivity index (χ0n) is 20.4. The lowest BCUT2D eigenvalue weighted by molar-refractivity contribution is -0.384. The van der Waals surface area contributed by atoms with Crippen LogP contribution in [0.1, 0.15) is 28.2 Å². The van der Waals surface area contributed by atoms with Crippen molar-refractivity contribution in [2.75, 3.05) is 4.90 Å². The quantitative estimate of drug-likeness (QED) is 0.123. The molecule has 190 valence electrons. The molecule has 39 heavy (non-hydrogen) atoms. The molecule has 3 aliphatic carbocycles. The Morgan fingerprint density at radius 3 is 2.05 bits per heavy atom. The van der Waals surface area contributed by atoms with Crippen LogP contribution in [0.5, 0.6) is 0 Å². The number of imide groups is 1. The van der Waals surface area contributed by atoms with Gasteiger partial charge in [0.1, 0.15) is 5.69 Å². The number of aliphatic imine (C=N–C) groups is 1. The molecule has 4 aliphatic rings. The number of carbonyl (C=O) groups excluding carboxylic acids is 2. The van der Waals surface area contributed by atoms with Crippen LogP contribution in [0.3, 0.4) is 0 Å². The van der Waals surface area contributed by atoms with Gasteiger partial charge in [0, 0.05) is 22.7 Å². The Bertz CT molecular complexity index is 1680. The molecule has 1 heterocycles. The molecule has 4 aromatic carbocycles. The van der Waals surface area contributed by atoms with Crippen LogP contribution in [0.15, 0.2) is 107 Å². The Hall–Kier alpha value is -4.43. The highest BCUT2D eigenvalue weighted by Gasteiger charge is 2.68. The minimum absolute atomic E-state index is 0.000546. The van der Waals surface area contributed by atoms with Crippen LogP contribution >= 0.6 is 15.9 Å². The summed E-state index contributed by atoms with van der Waals surface area (Å²) in [5.41, 5.74) is 3.21. The van der Waals surface area contributed by atoms with E-state index >= 15 is 0 Å². The first-order chi connectivity index (χ1) is 18.9. The minimum Gasteiger partial charge on any atom is -0.274 e. The van der Waals surface area contributed by atoms with Crippen molar-refractivity contribution in [3.8, 4) is 0 Å². The maximum absolute atomic E-state index is 14.4. The third-order valence-electron chi connectivity index (χ3n) is 8.25. The van der Waals surface area contributed by atoms with Crippen LogP contribution in [0, 0.1) is 22.0 Å². The van der Waals surface area contributed by atoms with Crippen LogP contribution in [-0.2, 0) is 15.0 Å².